The Hall–Kier alpha value is -0.690. The van der Waals surface area contributed by atoms with Crippen LogP contribution in [-0.2, 0) is 14.8 Å². The zero-order valence-corrected chi connectivity index (χ0v) is 12.3. The van der Waals surface area contributed by atoms with Crippen molar-refractivity contribution < 1.29 is 13.2 Å². The summed E-state index contributed by atoms with van der Waals surface area (Å²) in [6, 6.07) is 0. The highest BCUT2D eigenvalue weighted by Crippen LogP contribution is 2.37. The molecule has 0 aliphatic carbocycles. The second-order valence-corrected chi connectivity index (χ2v) is 6.89. The Morgan fingerprint density at radius 2 is 2.00 bits per heavy atom. The van der Waals surface area contributed by atoms with Crippen molar-refractivity contribution in [2.75, 3.05) is 32.8 Å². The molecule has 0 atom stereocenters. The number of ether oxygens (including phenoxy) is 1. The third kappa shape index (κ3) is 2.50. The second-order valence-electron chi connectivity index (χ2n) is 4.98. The molecule has 2 aliphatic rings. The van der Waals surface area contributed by atoms with Gasteiger partial charge in [-0.1, -0.05) is 20.1 Å². The van der Waals surface area contributed by atoms with E-state index in [0.29, 0.717) is 26.0 Å². The SMILES string of the molecule is C=CC(=C)S(=O)(=O)N1CCOC12CCN(CC)CC2. The smallest absolute Gasteiger partial charge is 0.244 e. The molecule has 0 aromatic rings. The van der Waals surface area contributed by atoms with Crippen LogP contribution in [0.5, 0.6) is 0 Å². The molecule has 2 heterocycles. The first-order valence-corrected chi connectivity index (χ1v) is 8.11. The van der Waals surface area contributed by atoms with Gasteiger partial charge in [-0.3, -0.25) is 0 Å². The van der Waals surface area contributed by atoms with Crippen LogP contribution in [0.25, 0.3) is 0 Å². The van der Waals surface area contributed by atoms with Gasteiger partial charge in [-0.05, 0) is 12.6 Å². The minimum atomic E-state index is -3.54. The molecule has 19 heavy (non-hydrogen) atoms. The van der Waals surface area contributed by atoms with Gasteiger partial charge in [-0.25, -0.2) is 8.42 Å². The molecule has 2 aliphatic heterocycles. The van der Waals surface area contributed by atoms with Crippen LogP contribution in [0, 0.1) is 0 Å². The van der Waals surface area contributed by atoms with Gasteiger partial charge in [0.25, 0.3) is 0 Å². The predicted molar refractivity (Wildman–Crippen MR) is 75.0 cm³/mol. The van der Waals surface area contributed by atoms with Crippen molar-refractivity contribution in [3.63, 3.8) is 0 Å². The number of nitrogens with zero attached hydrogens (tertiary/aromatic N) is 2. The average Bonchev–Trinajstić information content (AvgIpc) is 2.83. The van der Waals surface area contributed by atoms with Gasteiger partial charge in [0, 0.05) is 32.5 Å². The lowest BCUT2D eigenvalue weighted by molar-refractivity contribution is -0.0896. The third-order valence-electron chi connectivity index (χ3n) is 4.05. The summed E-state index contributed by atoms with van der Waals surface area (Å²) in [6.45, 7) is 12.8. The lowest BCUT2D eigenvalue weighted by atomic mass is 10.0. The second kappa shape index (κ2) is 5.36. The number of allylic oxidation sites excluding steroid dienone is 1. The average molecular weight is 286 g/mol. The van der Waals surface area contributed by atoms with Crippen LogP contribution >= 0.6 is 0 Å². The number of sulfonamides is 1. The molecule has 0 radical (unpaired) electrons. The van der Waals surface area contributed by atoms with E-state index >= 15 is 0 Å². The van der Waals surface area contributed by atoms with E-state index in [0.717, 1.165) is 19.6 Å². The van der Waals surface area contributed by atoms with Crippen molar-refractivity contribution in [3.05, 3.63) is 24.1 Å². The minimum Gasteiger partial charge on any atom is -0.358 e. The van der Waals surface area contributed by atoms with Crippen LogP contribution in [0.2, 0.25) is 0 Å². The summed E-state index contributed by atoms with van der Waals surface area (Å²) in [5.74, 6) is 0. The minimum absolute atomic E-state index is 0.0512. The maximum absolute atomic E-state index is 12.4. The monoisotopic (exact) mass is 286 g/mol. The lowest BCUT2D eigenvalue weighted by Crippen LogP contribution is -2.54. The largest absolute Gasteiger partial charge is 0.358 e. The molecular weight excluding hydrogens is 264 g/mol. The molecule has 0 unspecified atom stereocenters. The highest BCUT2D eigenvalue weighted by molar-refractivity contribution is 7.93. The van der Waals surface area contributed by atoms with E-state index in [4.69, 9.17) is 4.74 Å². The Balaban J connectivity index is 2.22. The van der Waals surface area contributed by atoms with Crippen molar-refractivity contribution in [1.29, 1.82) is 0 Å². The Labute approximate surface area is 115 Å². The fourth-order valence-corrected chi connectivity index (χ4v) is 4.27. The highest BCUT2D eigenvalue weighted by atomic mass is 32.2. The molecule has 0 bridgehead atoms. The third-order valence-corrected chi connectivity index (χ3v) is 5.98. The van der Waals surface area contributed by atoms with E-state index in [2.05, 4.69) is 25.0 Å². The van der Waals surface area contributed by atoms with Crippen molar-refractivity contribution in [2.24, 2.45) is 0 Å². The molecule has 0 aromatic heterocycles. The molecule has 0 N–H and O–H groups in total. The van der Waals surface area contributed by atoms with E-state index in [1.807, 2.05) is 0 Å². The van der Waals surface area contributed by atoms with Gasteiger partial charge in [-0.2, -0.15) is 4.31 Å². The number of hydrogen-bond acceptors (Lipinski definition) is 4. The van der Waals surface area contributed by atoms with E-state index in [1.54, 1.807) is 0 Å². The van der Waals surface area contributed by atoms with Crippen LogP contribution in [0.1, 0.15) is 19.8 Å². The lowest BCUT2D eigenvalue weighted by Gasteiger charge is -2.42. The van der Waals surface area contributed by atoms with Crippen molar-refractivity contribution >= 4 is 10.0 Å². The van der Waals surface area contributed by atoms with Gasteiger partial charge in [0.15, 0.2) is 0 Å². The first kappa shape index (κ1) is 14.7. The summed E-state index contributed by atoms with van der Waals surface area (Å²) in [5.41, 5.74) is -0.670. The van der Waals surface area contributed by atoms with Crippen LogP contribution in [0.3, 0.4) is 0 Å². The fraction of sp³-hybridized carbons (Fsp3) is 0.692. The fourth-order valence-electron chi connectivity index (χ4n) is 2.79. The summed E-state index contributed by atoms with van der Waals surface area (Å²) < 4.78 is 32.2. The standard InChI is InChI=1S/C13H22N2O3S/c1-4-12(3)19(16,17)15-10-11-18-13(15)6-8-14(5-2)9-7-13/h4H,1,3,5-11H2,2H3. The van der Waals surface area contributed by atoms with Gasteiger partial charge < -0.3 is 9.64 Å². The van der Waals surface area contributed by atoms with Crippen molar-refractivity contribution in [1.82, 2.24) is 9.21 Å². The molecule has 5 nitrogen and oxygen atoms in total. The maximum atomic E-state index is 12.4. The molecule has 2 saturated heterocycles. The summed E-state index contributed by atoms with van der Waals surface area (Å²) in [5, 5.41) is 0. The molecule has 108 valence electrons. The zero-order chi connectivity index (χ0) is 14.1. The number of piperidine rings is 1. The number of likely N-dealkylation sites (tertiary alicyclic amines) is 1. The summed E-state index contributed by atoms with van der Waals surface area (Å²) in [4.78, 5) is 2.36. The van der Waals surface area contributed by atoms with Crippen LogP contribution in [0.15, 0.2) is 24.1 Å². The first-order chi connectivity index (χ1) is 8.96. The molecule has 1 spiro atoms. The summed E-state index contributed by atoms with van der Waals surface area (Å²) >= 11 is 0. The van der Waals surface area contributed by atoms with Gasteiger partial charge >= 0.3 is 0 Å². The van der Waals surface area contributed by atoms with Gasteiger partial charge in [0.2, 0.25) is 10.0 Å². The van der Waals surface area contributed by atoms with E-state index in [1.165, 1.54) is 10.4 Å². The molecule has 0 amide bonds. The van der Waals surface area contributed by atoms with Gasteiger partial charge in [-0.15, -0.1) is 0 Å². The predicted octanol–water partition coefficient (Wildman–Crippen LogP) is 1.16. The molecule has 0 saturated carbocycles. The number of hydrogen-bond donors (Lipinski definition) is 0. The van der Waals surface area contributed by atoms with Crippen LogP contribution in [-0.4, -0.2) is 56.1 Å². The quantitative estimate of drug-likeness (QED) is 0.728. The highest BCUT2D eigenvalue weighted by Gasteiger charge is 2.50. The number of rotatable bonds is 4. The Morgan fingerprint density at radius 1 is 1.37 bits per heavy atom. The topological polar surface area (TPSA) is 49.9 Å². The summed E-state index contributed by atoms with van der Waals surface area (Å²) in [6.07, 6.45) is 2.72. The molecule has 6 heteroatoms. The molecule has 0 aromatic carbocycles. The molecular formula is C13H22N2O3S. The van der Waals surface area contributed by atoms with Crippen molar-refractivity contribution in [3.8, 4) is 0 Å². The van der Waals surface area contributed by atoms with Crippen molar-refractivity contribution in [2.45, 2.75) is 25.5 Å². The van der Waals surface area contributed by atoms with Crippen LogP contribution < -0.4 is 0 Å². The maximum Gasteiger partial charge on any atom is 0.244 e. The Bertz CT molecular complexity index is 464. The first-order valence-electron chi connectivity index (χ1n) is 6.67. The van der Waals surface area contributed by atoms with Gasteiger partial charge in [0.05, 0.1) is 11.5 Å². The van der Waals surface area contributed by atoms with Gasteiger partial charge in [0.1, 0.15) is 5.72 Å². The summed E-state index contributed by atoms with van der Waals surface area (Å²) in [7, 11) is -3.54. The molecule has 2 fully saturated rings. The molecule has 2 rings (SSSR count). The Kier molecular flexibility index (Phi) is 4.15. The zero-order valence-electron chi connectivity index (χ0n) is 11.5. The van der Waals surface area contributed by atoms with E-state index in [-0.39, 0.29) is 4.91 Å². The van der Waals surface area contributed by atoms with Crippen LogP contribution in [0.4, 0.5) is 0 Å². The van der Waals surface area contributed by atoms with E-state index in [9.17, 15) is 8.42 Å². The Morgan fingerprint density at radius 3 is 2.53 bits per heavy atom. The van der Waals surface area contributed by atoms with E-state index < -0.39 is 15.7 Å². The normalized spacial score (nSPS) is 24.7.